The minimum absolute atomic E-state index is 0.274. The highest BCUT2D eigenvalue weighted by molar-refractivity contribution is 5.27. The Bertz CT molecular complexity index is 291. The second kappa shape index (κ2) is 6.37. The minimum atomic E-state index is -0.680. The molecule has 84 valence electrons. The van der Waals surface area contributed by atoms with Crippen molar-refractivity contribution in [1.29, 1.82) is 0 Å². The summed E-state index contributed by atoms with van der Waals surface area (Å²) in [5.74, 6) is 0.449. The van der Waals surface area contributed by atoms with Gasteiger partial charge in [-0.15, -0.1) is 0 Å². The van der Waals surface area contributed by atoms with Crippen molar-refractivity contribution in [3.05, 3.63) is 23.9 Å². The third-order valence-electron chi connectivity index (χ3n) is 1.98. The van der Waals surface area contributed by atoms with Gasteiger partial charge in [0, 0.05) is 18.4 Å². The van der Waals surface area contributed by atoms with Crippen LogP contribution in [0.2, 0.25) is 0 Å². The standard InChI is InChI=1S/C11H17NO3/c1-3-7-15-8-10(13)9-5-4-6-12-11(9)14-2/h4-6,10,13H,3,7-8H2,1-2H3. The molecule has 0 aliphatic carbocycles. The average Bonchev–Trinajstić information content (AvgIpc) is 2.29. The van der Waals surface area contributed by atoms with E-state index in [1.165, 1.54) is 7.11 Å². The van der Waals surface area contributed by atoms with E-state index in [1.54, 1.807) is 18.3 Å². The molecule has 1 rings (SSSR count). The number of methoxy groups -OCH3 is 1. The van der Waals surface area contributed by atoms with Crippen LogP contribution in [0.15, 0.2) is 18.3 Å². The van der Waals surface area contributed by atoms with Crippen LogP contribution in [0.5, 0.6) is 5.88 Å². The Morgan fingerprint density at radius 2 is 2.33 bits per heavy atom. The lowest BCUT2D eigenvalue weighted by Crippen LogP contribution is -2.09. The maximum absolute atomic E-state index is 9.81. The quantitative estimate of drug-likeness (QED) is 0.725. The Hall–Kier alpha value is -1.13. The van der Waals surface area contributed by atoms with Crippen LogP contribution in [-0.2, 0) is 4.74 Å². The highest BCUT2D eigenvalue weighted by Crippen LogP contribution is 2.22. The number of ether oxygens (including phenoxy) is 2. The first-order valence-electron chi connectivity index (χ1n) is 5.04. The number of nitrogens with zero attached hydrogens (tertiary/aromatic N) is 1. The van der Waals surface area contributed by atoms with Crippen molar-refractivity contribution in [2.75, 3.05) is 20.3 Å². The lowest BCUT2D eigenvalue weighted by Gasteiger charge is -2.13. The predicted octanol–water partition coefficient (Wildman–Crippen LogP) is 1.55. The van der Waals surface area contributed by atoms with E-state index < -0.39 is 6.10 Å². The fraction of sp³-hybridized carbons (Fsp3) is 0.545. The van der Waals surface area contributed by atoms with Gasteiger partial charge >= 0.3 is 0 Å². The molecule has 0 fully saturated rings. The molecule has 1 heterocycles. The maximum Gasteiger partial charge on any atom is 0.218 e. The summed E-state index contributed by atoms with van der Waals surface area (Å²) in [5, 5.41) is 9.81. The first-order valence-corrected chi connectivity index (χ1v) is 5.04. The van der Waals surface area contributed by atoms with Crippen LogP contribution in [0.4, 0.5) is 0 Å². The molecular weight excluding hydrogens is 194 g/mol. The summed E-state index contributed by atoms with van der Waals surface area (Å²) in [7, 11) is 1.53. The molecule has 0 spiro atoms. The number of aliphatic hydroxyl groups excluding tert-OH is 1. The van der Waals surface area contributed by atoms with E-state index in [0.29, 0.717) is 18.1 Å². The molecule has 0 radical (unpaired) electrons. The molecule has 0 aromatic carbocycles. The smallest absolute Gasteiger partial charge is 0.218 e. The van der Waals surface area contributed by atoms with Crippen LogP contribution in [0.1, 0.15) is 25.0 Å². The Kier molecular flexibility index (Phi) is 5.07. The summed E-state index contributed by atoms with van der Waals surface area (Å²) in [5.41, 5.74) is 0.663. The molecule has 15 heavy (non-hydrogen) atoms. The zero-order valence-corrected chi connectivity index (χ0v) is 9.14. The second-order valence-corrected chi connectivity index (χ2v) is 3.19. The molecule has 0 saturated carbocycles. The van der Waals surface area contributed by atoms with Gasteiger partial charge in [0.15, 0.2) is 0 Å². The molecule has 4 nitrogen and oxygen atoms in total. The normalized spacial score (nSPS) is 12.5. The zero-order chi connectivity index (χ0) is 11.1. The number of pyridine rings is 1. The van der Waals surface area contributed by atoms with Gasteiger partial charge in [-0.1, -0.05) is 6.92 Å². The Morgan fingerprint density at radius 1 is 1.53 bits per heavy atom. The highest BCUT2D eigenvalue weighted by Gasteiger charge is 2.13. The highest BCUT2D eigenvalue weighted by atomic mass is 16.5. The topological polar surface area (TPSA) is 51.6 Å². The van der Waals surface area contributed by atoms with Gasteiger partial charge in [-0.05, 0) is 18.6 Å². The van der Waals surface area contributed by atoms with Gasteiger partial charge in [-0.3, -0.25) is 0 Å². The third kappa shape index (κ3) is 3.49. The summed E-state index contributed by atoms with van der Waals surface area (Å²) in [6, 6.07) is 3.55. The largest absolute Gasteiger partial charge is 0.481 e. The van der Waals surface area contributed by atoms with Gasteiger partial charge in [0.2, 0.25) is 5.88 Å². The lowest BCUT2D eigenvalue weighted by atomic mass is 10.1. The van der Waals surface area contributed by atoms with Gasteiger partial charge in [0.1, 0.15) is 6.10 Å². The molecule has 4 heteroatoms. The van der Waals surface area contributed by atoms with Gasteiger partial charge in [0.05, 0.1) is 13.7 Å². The molecule has 0 bridgehead atoms. The molecule has 1 unspecified atom stereocenters. The number of hydrogen-bond acceptors (Lipinski definition) is 4. The molecule has 1 atom stereocenters. The molecule has 0 saturated heterocycles. The van der Waals surface area contributed by atoms with Crippen molar-refractivity contribution in [2.45, 2.75) is 19.4 Å². The van der Waals surface area contributed by atoms with E-state index in [1.807, 2.05) is 6.92 Å². The number of aromatic nitrogens is 1. The van der Waals surface area contributed by atoms with E-state index in [2.05, 4.69) is 4.98 Å². The summed E-state index contributed by atoms with van der Waals surface area (Å²) >= 11 is 0. The van der Waals surface area contributed by atoms with Gasteiger partial charge in [0.25, 0.3) is 0 Å². The predicted molar refractivity (Wildman–Crippen MR) is 56.9 cm³/mol. The molecule has 1 aromatic heterocycles. The second-order valence-electron chi connectivity index (χ2n) is 3.19. The summed E-state index contributed by atoms with van der Waals surface area (Å²) in [6.07, 6.45) is 1.89. The fourth-order valence-electron chi connectivity index (χ4n) is 1.26. The van der Waals surface area contributed by atoms with E-state index in [4.69, 9.17) is 9.47 Å². The van der Waals surface area contributed by atoms with Crippen molar-refractivity contribution in [2.24, 2.45) is 0 Å². The Balaban J connectivity index is 2.59. The first-order chi connectivity index (χ1) is 7.29. The number of hydrogen-bond donors (Lipinski definition) is 1. The van der Waals surface area contributed by atoms with Crippen LogP contribution in [0.25, 0.3) is 0 Å². The van der Waals surface area contributed by atoms with E-state index >= 15 is 0 Å². The summed E-state index contributed by atoms with van der Waals surface area (Å²) < 4.78 is 10.3. The lowest BCUT2D eigenvalue weighted by molar-refractivity contribution is 0.0349. The SMILES string of the molecule is CCCOCC(O)c1cccnc1OC. The average molecular weight is 211 g/mol. The molecular formula is C11H17NO3. The van der Waals surface area contributed by atoms with Gasteiger partial charge < -0.3 is 14.6 Å². The number of aliphatic hydroxyl groups is 1. The van der Waals surface area contributed by atoms with Crippen LogP contribution in [0.3, 0.4) is 0 Å². The Labute approximate surface area is 89.9 Å². The van der Waals surface area contributed by atoms with E-state index in [0.717, 1.165) is 6.42 Å². The minimum Gasteiger partial charge on any atom is -0.481 e. The maximum atomic E-state index is 9.81. The van der Waals surface area contributed by atoms with Crippen molar-refractivity contribution in [3.8, 4) is 5.88 Å². The zero-order valence-electron chi connectivity index (χ0n) is 9.14. The van der Waals surface area contributed by atoms with Crippen LogP contribution in [0, 0.1) is 0 Å². The fourth-order valence-corrected chi connectivity index (χ4v) is 1.26. The summed E-state index contributed by atoms with van der Waals surface area (Å²) in [6.45, 7) is 2.95. The van der Waals surface area contributed by atoms with Crippen molar-refractivity contribution in [3.63, 3.8) is 0 Å². The first kappa shape index (κ1) is 11.9. The van der Waals surface area contributed by atoms with Crippen LogP contribution < -0.4 is 4.74 Å². The molecule has 0 aliphatic rings. The van der Waals surface area contributed by atoms with E-state index in [-0.39, 0.29) is 6.61 Å². The Morgan fingerprint density at radius 3 is 3.00 bits per heavy atom. The van der Waals surface area contributed by atoms with Gasteiger partial charge in [-0.2, -0.15) is 0 Å². The van der Waals surface area contributed by atoms with Crippen LogP contribution >= 0.6 is 0 Å². The monoisotopic (exact) mass is 211 g/mol. The van der Waals surface area contributed by atoms with Crippen molar-refractivity contribution < 1.29 is 14.6 Å². The molecule has 0 amide bonds. The molecule has 1 N–H and O–H groups in total. The van der Waals surface area contributed by atoms with Crippen LogP contribution in [-0.4, -0.2) is 30.4 Å². The van der Waals surface area contributed by atoms with Gasteiger partial charge in [-0.25, -0.2) is 4.98 Å². The number of rotatable bonds is 6. The van der Waals surface area contributed by atoms with E-state index in [9.17, 15) is 5.11 Å². The molecule has 0 aliphatic heterocycles. The van der Waals surface area contributed by atoms with Crippen molar-refractivity contribution >= 4 is 0 Å². The third-order valence-corrected chi connectivity index (χ3v) is 1.98. The molecule has 1 aromatic rings. The van der Waals surface area contributed by atoms with Crippen molar-refractivity contribution in [1.82, 2.24) is 4.98 Å². The summed E-state index contributed by atoms with van der Waals surface area (Å²) in [4.78, 5) is 4.01.